The average Bonchev–Trinajstić information content (AvgIpc) is 2.27. The molecule has 0 saturated carbocycles. The molecule has 4 heteroatoms. The Labute approximate surface area is 104 Å². The van der Waals surface area contributed by atoms with E-state index in [0.29, 0.717) is 13.2 Å². The zero-order chi connectivity index (χ0) is 11.8. The summed E-state index contributed by atoms with van der Waals surface area (Å²) >= 11 is 3.39. The molecule has 3 nitrogen and oxygen atoms in total. The molecule has 0 fully saturated rings. The van der Waals surface area contributed by atoms with Crippen molar-refractivity contribution in [3.05, 3.63) is 29.8 Å². The first-order valence-corrected chi connectivity index (χ1v) is 6.25. The number of aryl methyl sites for hydroxylation is 1. The van der Waals surface area contributed by atoms with Gasteiger partial charge in [0.25, 0.3) is 0 Å². The predicted molar refractivity (Wildman–Crippen MR) is 66.1 cm³/mol. The first kappa shape index (κ1) is 13.0. The van der Waals surface area contributed by atoms with Crippen LogP contribution in [0.15, 0.2) is 24.3 Å². The molecule has 0 N–H and O–H groups in total. The van der Waals surface area contributed by atoms with Crippen molar-refractivity contribution in [2.45, 2.75) is 13.3 Å². The van der Waals surface area contributed by atoms with Crippen LogP contribution in [0.1, 0.15) is 12.5 Å². The highest BCUT2D eigenvalue weighted by molar-refractivity contribution is 9.09. The number of rotatable bonds is 6. The summed E-state index contributed by atoms with van der Waals surface area (Å²) in [5, 5.41) is 0.958. The molecule has 0 aliphatic carbocycles. The lowest BCUT2D eigenvalue weighted by molar-refractivity contribution is -0.141. The largest absolute Gasteiger partial charge is 0.490 e. The minimum atomic E-state index is -0.281. The van der Waals surface area contributed by atoms with Crippen LogP contribution in [0.25, 0.3) is 0 Å². The lowest BCUT2D eigenvalue weighted by Crippen LogP contribution is -2.09. The number of alkyl halides is 1. The maximum absolute atomic E-state index is 10.5. The van der Waals surface area contributed by atoms with Crippen LogP contribution >= 0.6 is 15.9 Å². The number of benzene rings is 1. The Morgan fingerprint density at radius 1 is 1.25 bits per heavy atom. The van der Waals surface area contributed by atoms with Crippen LogP contribution < -0.4 is 4.74 Å². The second-order valence-corrected chi connectivity index (χ2v) is 4.06. The Bertz CT molecular complexity index is 322. The van der Waals surface area contributed by atoms with E-state index in [0.717, 1.165) is 17.5 Å². The van der Waals surface area contributed by atoms with E-state index in [1.54, 1.807) is 0 Å². The van der Waals surface area contributed by atoms with Crippen molar-refractivity contribution in [1.29, 1.82) is 0 Å². The number of hydrogen-bond acceptors (Lipinski definition) is 3. The molecule has 0 heterocycles. The first-order chi connectivity index (χ1) is 7.72. The van der Waals surface area contributed by atoms with E-state index < -0.39 is 0 Å². The molecule has 0 saturated heterocycles. The summed E-state index contributed by atoms with van der Waals surface area (Å²) < 4.78 is 10.2. The molecule has 0 atom stereocenters. The maximum Gasteiger partial charge on any atom is 0.302 e. The summed E-state index contributed by atoms with van der Waals surface area (Å²) in [4.78, 5) is 10.5. The summed E-state index contributed by atoms with van der Waals surface area (Å²) in [6, 6.07) is 7.91. The smallest absolute Gasteiger partial charge is 0.302 e. The molecule has 0 amide bonds. The molecular formula is C12H15BrO3. The van der Waals surface area contributed by atoms with Gasteiger partial charge < -0.3 is 9.47 Å². The standard InChI is InChI=1S/C12H15BrO3/c1-10(14)15-8-9-16-12-4-2-11(3-5-12)6-7-13/h2-5H,6-9H2,1H3. The van der Waals surface area contributed by atoms with Gasteiger partial charge >= 0.3 is 5.97 Å². The lowest BCUT2D eigenvalue weighted by atomic mass is 10.2. The van der Waals surface area contributed by atoms with E-state index in [-0.39, 0.29) is 5.97 Å². The lowest BCUT2D eigenvalue weighted by Gasteiger charge is -2.06. The Kier molecular flexibility index (Phi) is 5.93. The van der Waals surface area contributed by atoms with Crippen LogP contribution in [-0.4, -0.2) is 24.5 Å². The molecule has 0 spiro atoms. The summed E-state index contributed by atoms with van der Waals surface area (Å²) in [7, 11) is 0. The molecule has 0 radical (unpaired) electrons. The van der Waals surface area contributed by atoms with Gasteiger partial charge in [-0.3, -0.25) is 4.79 Å². The Morgan fingerprint density at radius 2 is 1.94 bits per heavy atom. The molecule has 16 heavy (non-hydrogen) atoms. The molecule has 0 unspecified atom stereocenters. The van der Waals surface area contributed by atoms with Gasteiger partial charge in [0.15, 0.2) is 0 Å². The molecule has 0 aliphatic heterocycles. The third kappa shape index (κ3) is 5.16. The minimum absolute atomic E-state index is 0.281. The van der Waals surface area contributed by atoms with Gasteiger partial charge in [0.2, 0.25) is 0 Å². The van der Waals surface area contributed by atoms with Gasteiger partial charge in [-0.05, 0) is 24.1 Å². The SMILES string of the molecule is CC(=O)OCCOc1ccc(CCBr)cc1. The number of carbonyl (C=O) groups is 1. The number of halogens is 1. The van der Waals surface area contributed by atoms with Crippen LogP contribution in [0.5, 0.6) is 5.75 Å². The fourth-order valence-electron chi connectivity index (χ4n) is 1.21. The quantitative estimate of drug-likeness (QED) is 0.458. The fraction of sp³-hybridized carbons (Fsp3) is 0.417. The van der Waals surface area contributed by atoms with E-state index in [1.807, 2.05) is 24.3 Å². The monoisotopic (exact) mass is 286 g/mol. The van der Waals surface area contributed by atoms with Crippen molar-refractivity contribution in [3.8, 4) is 5.75 Å². The van der Waals surface area contributed by atoms with Gasteiger partial charge in [0.05, 0.1) is 0 Å². The van der Waals surface area contributed by atoms with Crippen molar-refractivity contribution < 1.29 is 14.3 Å². The van der Waals surface area contributed by atoms with Gasteiger partial charge in [-0.15, -0.1) is 0 Å². The summed E-state index contributed by atoms with van der Waals surface area (Å²) in [5.41, 5.74) is 1.27. The Balaban J connectivity index is 2.29. The molecule has 1 aromatic carbocycles. The average molecular weight is 287 g/mol. The maximum atomic E-state index is 10.5. The molecule has 1 aromatic rings. The van der Waals surface area contributed by atoms with Gasteiger partial charge in [0, 0.05) is 12.3 Å². The summed E-state index contributed by atoms with van der Waals surface area (Å²) in [5.74, 6) is 0.516. The van der Waals surface area contributed by atoms with Crippen LogP contribution in [-0.2, 0) is 16.0 Å². The van der Waals surface area contributed by atoms with E-state index in [4.69, 9.17) is 9.47 Å². The number of ether oxygens (including phenoxy) is 2. The van der Waals surface area contributed by atoms with Crippen molar-refractivity contribution in [2.75, 3.05) is 18.5 Å². The molecular weight excluding hydrogens is 272 g/mol. The molecule has 0 aliphatic rings. The Morgan fingerprint density at radius 3 is 2.50 bits per heavy atom. The van der Waals surface area contributed by atoms with E-state index >= 15 is 0 Å². The Hall–Kier alpha value is -1.03. The molecule has 0 aromatic heterocycles. The van der Waals surface area contributed by atoms with Crippen LogP contribution in [0.3, 0.4) is 0 Å². The van der Waals surface area contributed by atoms with Crippen molar-refractivity contribution in [1.82, 2.24) is 0 Å². The van der Waals surface area contributed by atoms with Crippen molar-refractivity contribution >= 4 is 21.9 Å². The highest BCUT2D eigenvalue weighted by Crippen LogP contribution is 2.12. The highest BCUT2D eigenvalue weighted by Gasteiger charge is 1.96. The van der Waals surface area contributed by atoms with Crippen molar-refractivity contribution in [3.63, 3.8) is 0 Å². The third-order valence-corrected chi connectivity index (χ3v) is 2.36. The topological polar surface area (TPSA) is 35.5 Å². The molecule has 1 rings (SSSR count). The second-order valence-electron chi connectivity index (χ2n) is 3.27. The molecule has 88 valence electrons. The fourth-order valence-corrected chi connectivity index (χ4v) is 1.66. The zero-order valence-corrected chi connectivity index (χ0v) is 10.8. The van der Waals surface area contributed by atoms with Crippen LogP contribution in [0.2, 0.25) is 0 Å². The normalized spacial score (nSPS) is 9.88. The van der Waals surface area contributed by atoms with Gasteiger partial charge in [-0.25, -0.2) is 0 Å². The summed E-state index contributed by atoms with van der Waals surface area (Å²) in [6.45, 7) is 2.06. The van der Waals surface area contributed by atoms with Crippen LogP contribution in [0, 0.1) is 0 Å². The number of esters is 1. The van der Waals surface area contributed by atoms with Crippen molar-refractivity contribution in [2.24, 2.45) is 0 Å². The van der Waals surface area contributed by atoms with Gasteiger partial charge in [0.1, 0.15) is 19.0 Å². The van der Waals surface area contributed by atoms with E-state index in [1.165, 1.54) is 12.5 Å². The number of hydrogen-bond donors (Lipinski definition) is 0. The molecule has 0 bridgehead atoms. The minimum Gasteiger partial charge on any atom is -0.490 e. The van der Waals surface area contributed by atoms with Gasteiger partial charge in [-0.2, -0.15) is 0 Å². The first-order valence-electron chi connectivity index (χ1n) is 5.13. The summed E-state index contributed by atoms with van der Waals surface area (Å²) in [6.07, 6.45) is 1.01. The zero-order valence-electron chi connectivity index (χ0n) is 9.24. The van der Waals surface area contributed by atoms with E-state index in [9.17, 15) is 4.79 Å². The predicted octanol–water partition coefficient (Wildman–Crippen LogP) is 2.57. The highest BCUT2D eigenvalue weighted by atomic mass is 79.9. The van der Waals surface area contributed by atoms with Crippen LogP contribution in [0.4, 0.5) is 0 Å². The second kappa shape index (κ2) is 7.28. The third-order valence-electron chi connectivity index (χ3n) is 1.96. The number of carbonyl (C=O) groups excluding carboxylic acids is 1. The van der Waals surface area contributed by atoms with E-state index in [2.05, 4.69) is 15.9 Å². The van der Waals surface area contributed by atoms with Gasteiger partial charge in [-0.1, -0.05) is 28.1 Å².